The molecule has 1 aliphatic rings. The average Bonchev–Trinajstić information content (AvgIpc) is 2.53. The molecule has 0 aliphatic carbocycles. The van der Waals surface area contributed by atoms with Gasteiger partial charge in [-0.3, -0.25) is 4.79 Å². The molecule has 2 rings (SSSR count). The molecule has 1 N–H and O–H groups in total. The molecule has 110 valence electrons. The molecule has 0 saturated carbocycles. The van der Waals surface area contributed by atoms with Gasteiger partial charge in [0.1, 0.15) is 5.82 Å². The number of piperazine rings is 1. The van der Waals surface area contributed by atoms with E-state index in [4.69, 9.17) is 0 Å². The first-order valence-corrected chi connectivity index (χ1v) is 7.47. The predicted molar refractivity (Wildman–Crippen MR) is 81.2 cm³/mol. The van der Waals surface area contributed by atoms with E-state index in [2.05, 4.69) is 29.0 Å². The van der Waals surface area contributed by atoms with Crippen molar-refractivity contribution >= 4 is 11.7 Å². The summed E-state index contributed by atoms with van der Waals surface area (Å²) in [7, 11) is 0. The second-order valence-electron chi connectivity index (χ2n) is 5.03. The topological polar surface area (TPSA) is 48.5 Å². The molecule has 0 bridgehead atoms. The third kappa shape index (κ3) is 3.48. The van der Waals surface area contributed by atoms with Crippen LogP contribution >= 0.6 is 0 Å². The van der Waals surface area contributed by atoms with Crippen LogP contribution in [0.2, 0.25) is 0 Å². The summed E-state index contributed by atoms with van der Waals surface area (Å²) in [5.74, 6) is 1.04. The minimum absolute atomic E-state index is 0.0871. The summed E-state index contributed by atoms with van der Waals surface area (Å²) in [6.45, 7) is 9.51. The van der Waals surface area contributed by atoms with Crippen molar-refractivity contribution in [2.75, 3.05) is 44.2 Å². The first-order valence-electron chi connectivity index (χ1n) is 7.47. The van der Waals surface area contributed by atoms with Gasteiger partial charge in [0, 0.05) is 45.5 Å². The Morgan fingerprint density at radius 2 is 2.10 bits per heavy atom. The summed E-state index contributed by atoms with van der Waals surface area (Å²) in [4.78, 5) is 20.9. The third-order valence-electron chi connectivity index (χ3n) is 3.60. The van der Waals surface area contributed by atoms with Crippen molar-refractivity contribution in [3.63, 3.8) is 0 Å². The van der Waals surface area contributed by atoms with Crippen LogP contribution in [-0.2, 0) is 0 Å². The maximum Gasteiger partial charge on any atom is 0.255 e. The third-order valence-corrected chi connectivity index (χ3v) is 3.60. The molecule has 1 aromatic rings. The Hall–Kier alpha value is -1.62. The lowest BCUT2D eigenvalue weighted by Crippen LogP contribution is -2.46. The molecule has 20 heavy (non-hydrogen) atoms. The Balaban J connectivity index is 2.05. The molecule has 5 nitrogen and oxygen atoms in total. The zero-order valence-electron chi connectivity index (χ0n) is 12.4. The number of pyridine rings is 1. The van der Waals surface area contributed by atoms with Gasteiger partial charge in [0.05, 0.1) is 5.56 Å². The van der Waals surface area contributed by atoms with E-state index in [1.807, 2.05) is 17.0 Å². The van der Waals surface area contributed by atoms with E-state index in [9.17, 15) is 4.79 Å². The van der Waals surface area contributed by atoms with Crippen LogP contribution in [0.25, 0.3) is 0 Å². The van der Waals surface area contributed by atoms with E-state index in [1.165, 1.54) is 0 Å². The van der Waals surface area contributed by atoms with Gasteiger partial charge in [-0.05, 0) is 25.5 Å². The molecule has 2 heterocycles. The van der Waals surface area contributed by atoms with Gasteiger partial charge in [0.15, 0.2) is 0 Å². The molecule has 1 fully saturated rings. The number of rotatable bonds is 5. The minimum Gasteiger partial charge on any atom is -0.357 e. The molecule has 0 radical (unpaired) electrons. The van der Waals surface area contributed by atoms with Crippen molar-refractivity contribution in [3.05, 3.63) is 23.9 Å². The summed E-state index contributed by atoms with van der Waals surface area (Å²) >= 11 is 0. The fourth-order valence-electron chi connectivity index (χ4n) is 2.45. The van der Waals surface area contributed by atoms with Crippen molar-refractivity contribution in [2.45, 2.75) is 20.3 Å². The molecule has 1 saturated heterocycles. The number of carbonyl (C=O) groups excluding carboxylic acids is 1. The van der Waals surface area contributed by atoms with Crippen molar-refractivity contribution in [1.82, 2.24) is 15.2 Å². The Kier molecular flexibility index (Phi) is 5.35. The monoisotopic (exact) mass is 276 g/mol. The van der Waals surface area contributed by atoms with Gasteiger partial charge in [-0.25, -0.2) is 4.98 Å². The van der Waals surface area contributed by atoms with E-state index in [1.54, 1.807) is 6.20 Å². The Morgan fingerprint density at radius 1 is 1.35 bits per heavy atom. The van der Waals surface area contributed by atoms with Crippen LogP contribution in [0.5, 0.6) is 0 Å². The van der Waals surface area contributed by atoms with E-state index < -0.39 is 0 Å². The van der Waals surface area contributed by atoms with Crippen molar-refractivity contribution in [1.29, 1.82) is 0 Å². The summed E-state index contributed by atoms with van der Waals surface area (Å²) in [6, 6.07) is 3.85. The van der Waals surface area contributed by atoms with Crippen LogP contribution in [0, 0.1) is 0 Å². The molecular formula is C15H24N4O. The van der Waals surface area contributed by atoms with E-state index in [0.717, 1.165) is 51.5 Å². The fourth-order valence-corrected chi connectivity index (χ4v) is 2.45. The number of hydrogen-bond acceptors (Lipinski definition) is 4. The number of nitrogens with one attached hydrogen (secondary N) is 1. The lowest BCUT2D eigenvalue weighted by molar-refractivity contribution is 0.0735. The van der Waals surface area contributed by atoms with Gasteiger partial charge in [-0.15, -0.1) is 0 Å². The molecule has 1 aliphatic heterocycles. The maximum atomic E-state index is 12.3. The van der Waals surface area contributed by atoms with Crippen LogP contribution < -0.4 is 10.2 Å². The van der Waals surface area contributed by atoms with E-state index >= 15 is 0 Å². The highest BCUT2D eigenvalue weighted by molar-refractivity contribution is 5.94. The normalized spacial score (nSPS) is 15.2. The lowest BCUT2D eigenvalue weighted by atomic mass is 10.2. The van der Waals surface area contributed by atoms with Gasteiger partial charge in [0.2, 0.25) is 0 Å². The summed E-state index contributed by atoms with van der Waals surface area (Å²) in [6.07, 6.45) is 2.80. The Morgan fingerprint density at radius 3 is 2.65 bits per heavy atom. The fraction of sp³-hybridized carbons (Fsp3) is 0.600. The average molecular weight is 276 g/mol. The number of hydrogen-bond donors (Lipinski definition) is 1. The second kappa shape index (κ2) is 7.24. The van der Waals surface area contributed by atoms with Gasteiger partial charge in [-0.1, -0.05) is 6.92 Å². The number of carbonyl (C=O) groups is 1. The number of nitrogens with zero attached hydrogens (tertiary/aromatic N) is 3. The van der Waals surface area contributed by atoms with Gasteiger partial charge < -0.3 is 15.1 Å². The van der Waals surface area contributed by atoms with Gasteiger partial charge >= 0.3 is 0 Å². The molecule has 1 aromatic heterocycles. The van der Waals surface area contributed by atoms with Crippen LogP contribution in [0.15, 0.2) is 18.3 Å². The first kappa shape index (κ1) is 14.8. The van der Waals surface area contributed by atoms with Crippen LogP contribution in [-0.4, -0.2) is 55.1 Å². The SMILES string of the molecule is CCCN(CC)c1ccc(C(=O)N2CCNCC2)cn1. The summed E-state index contributed by atoms with van der Waals surface area (Å²) < 4.78 is 0. The van der Waals surface area contributed by atoms with E-state index in [0.29, 0.717) is 5.56 Å². The molecular weight excluding hydrogens is 252 g/mol. The van der Waals surface area contributed by atoms with Gasteiger partial charge in [-0.2, -0.15) is 0 Å². The summed E-state index contributed by atoms with van der Waals surface area (Å²) in [5, 5.41) is 3.25. The zero-order chi connectivity index (χ0) is 14.4. The van der Waals surface area contributed by atoms with Crippen molar-refractivity contribution in [3.8, 4) is 0 Å². The van der Waals surface area contributed by atoms with Crippen molar-refractivity contribution in [2.24, 2.45) is 0 Å². The van der Waals surface area contributed by atoms with Crippen molar-refractivity contribution < 1.29 is 4.79 Å². The highest BCUT2D eigenvalue weighted by Gasteiger charge is 2.18. The molecule has 5 heteroatoms. The molecule has 0 atom stereocenters. The van der Waals surface area contributed by atoms with Crippen LogP contribution in [0.1, 0.15) is 30.6 Å². The minimum atomic E-state index is 0.0871. The second-order valence-corrected chi connectivity index (χ2v) is 5.03. The molecule has 0 spiro atoms. The smallest absolute Gasteiger partial charge is 0.255 e. The standard InChI is InChI=1S/C15H24N4O/c1-3-9-18(4-2)14-6-5-13(12-17-14)15(20)19-10-7-16-8-11-19/h5-6,12,16H,3-4,7-11H2,1-2H3. The highest BCUT2D eigenvalue weighted by Crippen LogP contribution is 2.13. The molecule has 0 aromatic carbocycles. The zero-order valence-corrected chi connectivity index (χ0v) is 12.4. The quantitative estimate of drug-likeness (QED) is 0.882. The molecule has 1 amide bonds. The Labute approximate surface area is 121 Å². The lowest BCUT2D eigenvalue weighted by Gasteiger charge is -2.27. The largest absolute Gasteiger partial charge is 0.357 e. The van der Waals surface area contributed by atoms with Crippen LogP contribution in [0.4, 0.5) is 5.82 Å². The summed E-state index contributed by atoms with van der Waals surface area (Å²) in [5.41, 5.74) is 0.684. The molecule has 0 unspecified atom stereocenters. The predicted octanol–water partition coefficient (Wildman–Crippen LogP) is 1.36. The maximum absolute atomic E-state index is 12.3. The number of amides is 1. The first-order chi connectivity index (χ1) is 9.76. The number of aromatic nitrogens is 1. The van der Waals surface area contributed by atoms with Gasteiger partial charge in [0.25, 0.3) is 5.91 Å². The van der Waals surface area contributed by atoms with Crippen LogP contribution in [0.3, 0.4) is 0 Å². The highest BCUT2D eigenvalue weighted by atomic mass is 16.2. The Bertz CT molecular complexity index is 426. The number of anilines is 1. The van der Waals surface area contributed by atoms with E-state index in [-0.39, 0.29) is 5.91 Å².